The summed E-state index contributed by atoms with van der Waals surface area (Å²) in [6.45, 7) is 5.62. The van der Waals surface area contributed by atoms with Crippen molar-refractivity contribution in [2.75, 3.05) is 0 Å². The lowest BCUT2D eigenvalue weighted by atomic mass is 10.0. The van der Waals surface area contributed by atoms with Crippen molar-refractivity contribution in [1.29, 1.82) is 0 Å². The molecule has 0 aromatic heterocycles. The smallest absolute Gasteiger partial charge is 0.155 e. The van der Waals surface area contributed by atoms with Gasteiger partial charge in [0.25, 0.3) is 0 Å². The Hall–Kier alpha value is -0.0500. The average Bonchev–Trinajstić information content (AvgIpc) is 1.97. The maximum absolute atomic E-state index is 11.3. The molecular weight excluding hydrogens is 148 g/mol. The summed E-state index contributed by atoms with van der Waals surface area (Å²) in [5.74, 6) is 0.347. The number of hydrogen-bond donors (Lipinski definition) is 0. The minimum Gasteiger partial charge on any atom is -0.228 e. The molecule has 0 aliphatic carbocycles. The second-order valence-corrected chi connectivity index (χ2v) is 6.04. The van der Waals surface area contributed by atoms with Gasteiger partial charge in [-0.2, -0.15) is 0 Å². The van der Waals surface area contributed by atoms with Crippen molar-refractivity contribution in [1.82, 2.24) is 0 Å². The van der Waals surface area contributed by atoms with E-state index >= 15 is 0 Å². The lowest BCUT2D eigenvalue weighted by Crippen LogP contribution is -2.19. The van der Waals surface area contributed by atoms with Crippen molar-refractivity contribution in [3.63, 3.8) is 0 Å². The van der Waals surface area contributed by atoms with E-state index in [2.05, 4.69) is 0 Å². The van der Waals surface area contributed by atoms with Crippen LogP contribution in [0, 0.1) is 5.92 Å². The molecule has 1 rings (SSSR count). The number of sulfone groups is 1. The lowest BCUT2D eigenvalue weighted by molar-refractivity contribution is 0.554. The van der Waals surface area contributed by atoms with Crippen LogP contribution in [0.25, 0.3) is 0 Å². The highest BCUT2D eigenvalue weighted by Crippen LogP contribution is 2.31. The molecule has 0 radical (unpaired) electrons. The summed E-state index contributed by atoms with van der Waals surface area (Å²) in [4.78, 5) is 0. The van der Waals surface area contributed by atoms with Crippen molar-refractivity contribution >= 4 is 9.84 Å². The molecule has 60 valence electrons. The van der Waals surface area contributed by atoms with Gasteiger partial charge in [0.2, 0.25) is 0 Å². The van der Waals surface area contributed by atoms with E-state index in [1.165, 1.54) is 0 Å². The fourth-order valence-electron chi connectivity index (χ4n) is 1.54. The van der Waals surface area contributed by atoms with Crippen LogP contribution in [-0.4, -0.2) is 18.9 Å². The van der Waals surface area contributed by atoms with Crippen LogP contribution in [-0.2, 0) is 9.84 Å². The van der Waals surface area contributed by atoms with Crippen LogP contribution < -0.4 is 0 Å². The first-order valence-electron chi connectivity index (χ1n) is 3.69. The highest BCUT2D eigenvalue weighted by atomic mass is 32.2. The van der Waals surface area contributed by atoms with Gasteiger partial charge >= 0.3 is 0 Å². The van der Waals surface area contributed by atoms with Crippen LogP contribution in [0.1, 0.15) is 27.2 Å². The van der Waals surface area contributed by atoms with E-state index in [1.807, 2.05) is 13.8 Å². The third-order valence-electron chi connectivity index (χ3n) is 2.58. The minimum atomic E-state index is -2.75. The predicted octanol–water partition coefficient (Wildman–Crippen LogP) is 1.22. The molecule has 0 amide bonds. The molecule has 0 saturated carbocycles. The molecule has 0 aromatic carbocycles. The van der Waals surface area contributed by atoms with Crippen LogP contribution in [0.15, 0.2) is 0 Å². The van der Waals surface area contributed by atoms with Crippen molar-refractivity contribution in [2.24, 2.45) is 5.92 Å². The fourth-order valence-corrected chi connectivity index (χ4v) is 3.60. The van der Waals surface area contributed by atoms with Crippen LogP contribution in [0.3, 0.4) is 0 Å². The molecule has 0 N–H and O–H groups in total. The Labute approximate surface area is 62.5 Å². The molecule has 0 bridgehead atoms. The topological polar surface area (TPSA) is 34.1 Å². The predicted molar refractivity (Wildman–Crippen MR) is 41.6 cm³/mol. The summed E-state index contributed by atoms with van der Waals surface area (Å²) in [6, 6.07) is 0. The maximum atomic E-state index is 11.3. The standard InChI is InChI=1S/C7H14O2S/c1-5-4-6(2)10(8,9)7(5)3/h5-7H,4H2,1-3H3. The number of hydrogen-bond acceptors (Lipinski definition) is 2. The quantitative estimate of drug-likeness (QED) is 0.536. The normalized spacial score (nSPS) is 45.7. The Morgan fingerprint density at radius 2 is 1.70 bits per heavy atom. The van der Waals surface area contributed by atoms with Gasteiger partial charge in [-0.1, -0.05) is 6.92 Å². The van der Waals surface area contributed by atoms with Crippen LogP contribution in [0.4, 0.5) is 0 Å². The van der Waals surface area contributed by atoms with E-state index in [4.69, 9.17) is 0 Å². The van der Waals surface area contributed by atoms with Gasteiger partial charge in [0.15, 0.2) is 9.84 Å². The Bertz CT molecular complexity index is 218. The third-order valence-corrected chi connectivity index (χ3v) is 5.40. The van der Waals surface area contributed by atoms with Gasteiger partial charge in [-0.05, 0) is 26.2 Å². The molecule has 1 fully saturated rings. The van der Waals surface area contributed by atoms with E-state index in [1.54, 1.807) is 6.92 Å². The summed E-state index contributed by atoms with van der Waals surface area (Å²) in [6.07, 6.45) is 0.837. The molecule has 3 heteroatoms. The van der Waals surface area contributed by atoms with Gasteiger partial charge in [-0.15, -0.1) is 0 Å². The highest BCUT2D eigenvalue weighted by molar-refractivity contribution is 7.92. The first-order chi connectivity index (χ1) is 4.46. The van der Waals surface area contributed by atoms with E-state index in [9.17, 15) is 8.42 Å². The van der Waals surface area contributed by atoms with Crippen molar-refractivity contribution < 1.29 is 8.42 Å². The van der Waals surface area contributed by atoms with Crippen molar-refractivity contribution in [3.8, 4) is 0 Å². The lowest BCUT2D eigenvalue weighted by Gasteiger charge is -2.06. The van der Waals surface area contributed by atoms with Gasteiger partial charge < -0.3 is 0 Å². The first-order valence-corrected chi connectivity index (χ1v) is 5.30. The summed E-state index contributed by atoms with van der Waals surface area (Å²) in [5, 5.41) is -0.236. The van der Waals surface area contributed by atoms with E-state index < -0.39 is 9.84 Å². The monoisotopic (exact) mass is 162 g/mol. The molecule has 0 spiro atoms. The Balaban J connectivity index is 2.97. The summed E-state index contributed by atoms with van der Waals surface area (Å²) < 4.78 is 22.6. The highest BCUT2D eigenvalue weighted by Gasteiger charge is 2.39. The molecule has 3 unspecified atom stereocenters. The Morgan fingerprint density at radius 1 is 1.20 bits per heavy atom. The maximum Gasteiger partial charge on any atom is 0.155 e. The van der Waals surface area contributed by atoms with E-state index in [0.29, 0.717) is 5.92 Å². The van der Waals surface area contributed by atoms with Gasteiger partial charge in [0, 0.05) is 0 Å². The molecule has 1 aliphatic rings. The SMILES string of the molecule is CC1CC(C)S(=O)(=O)C1C. The molecule has 0 aromatic rings. The largest absolute Gasteiger partial charge is 0.228 e. The van der Waals surface area contributed by atoms with Crippen molar-refractivity contribution in [3.05, 3.63) is 0 Å². The zero-order chi connectivity index (χ0) is 7.94. The van der Waals surface area contributed by atoms with Gasteiger partial charge in [0.1, 0.15) is 0 Å². The van der Waals surface area contributed by atoms with Crippen LogP contribution >= 0.6 is 0 Å². The number of rotatable bonds is 0. The van der Waals surface area contributed by atoms with Gasteiger partial charge in [-0.25, -0.2) is 8.42 Å². The molecule has 3 atom stereocenters. The molecule has 1 aliphatic heterocycles. The van der Waals surface area contributed by atoms with Crippen LogP contribution in [0.2, 0.25) is 0 Å². The second-order valence-electron chi connectivity index (χ2n) is 3.32. The second kappa shape index (κ2) is 2.22. The summed E-state index contributed by atoms with van der Waals surface area (Å²) in [7, 11) is -2.75. The Kier molecular flexibility index (Phi) is 1.79. The van der Waals surface area contributed by atoms with Gasteiger partial charge in [0.05, 0.1) is 10.5 Å². The Morgan fingerprint density at radius 3 is 1.80 bits per heavy atom. The first kappa shape index (κ1) is 8.05. The summed E-state index contributed by atoms with van der Waals surface area (Å²) >= 11 is 0. The third kappa shape index (κ3) is 0.965. The van der Waals surface area contributed by atoms with E-state index in [0.717, 1.165) is 6.42 Å². The van der Waals surface area contributed by atoms with Crippen molar-refractivity contribution in [2.45, 2.75) is 37.7 Å². The molecular formula is C7H14O2S. The minimum absolute atomic E-state index is 0.113. The van der Waals surface area contributed by atoms with E-state index in [-0.39, 0.29) is 10.5 Å². The fraction of sp³-hybridized carbons (Fsp3) is 1.00. The van der Waals surface area contributed by atoms with Crippen LogP contribution in [0.5, 0.6) is 0 Å². The summed E-state index contributed by atoms with van der Waals surface area (Å²) in [5.41, 5.74) is 0. The molecule has 1 saturated heterocycles. The molecule has 2 nitrogen and oxygen atoms in total. The zero-order valence-corrected chi connectivity index (χ0v) is 7.48. The molecule has 10 heavy (non-hydrogen) atoms. The zero-order valence-electron chi connectivity index (χ0n) is 6.66. The van der Waals surface area contributed by atoms with Gasteiger partial charge in [-0.3, -0.25) is 0 Å². The molecule has 1 heterocycles. The average molecular weight is 162 g/mol.